The maximum atomic E-state index is 13.7. The highest BCUT2D eigenvalue weighted by atomic mass is 16.5. The SMILES string of the molecule is Cc1cccc(CN2C(=O)c3cc(-c4nc(Nc5ccnn5C)ncc4C)cn3CC23COC3)n1. The first kappa shape index (κ1) is 21.5. The molecular formula is C25H26N8O2. The molecule has 10 heteroatoms. The van der Waals surface area contributed by atoms with E-state index in [2.05, 4.69) is 20.4 Å². The zero-order valence-electron chi connectivity index (χ0n) is 19.9. The van der Waals surface area contributed by atoms with Gasteiger partial charge >= 0.3 is 0 Å². The number of nitrogens with one attached hydrogen (secondary N) is 1. The second-order valence-electron chi connectivity index (χ2n) is 9.31. The number of anilines is 2. The van der Waals surface area contributed by atoms with E-state index >= 15 is 0 Å². The van der Waals surface area contributed by atoms with Crippen molar-refractivity contribution in [2.24, 2.45) is 7.05 Å². The molecule has 0 saturated carbocycles. The summed E-state index contributed by atoms with van der Waals surface area (Å²) in [5.74, 6) is 1.24. The molecule has 4 aromatic heterocycles. The van der Waals surface area contributed by atoms with Gasteiger partial charge in [-0.2, -0.15) is 5.10 Å². The molecule has 1 saturated heterocycles. The zero-order chi connectivity index (χ0) is 24.2. The van der Waals surface area contributed by atoms with Gasteiger partial charge in [0.1, 0.15) is 17.1 Å². The number of amides is 1. The third-order valence-electron chi connectivity index (χ3n) is 6.71. The fourth-order valence-corrected chi connectivity index (χ4v) is 4.79. The minimum atomic E-state index is -0.362. The van der Waals surface area contributed by atoms with Crippen molar-refractivity contribution in [1.82, 2.24) is 34.2 Å². The Morgan fingerprint density at radius 2 is 2.03 bits per heavy atom. The minimum absolute atomic E-state index is 0.0194. The highest BCUT2D eigenvalue weighted by Gasteiger charge is 2.50. The summed E-state index contributed by atoms with van der Waals surface area (Å²) in [5, 5.41) is 7.37. The summed E-state index contributed by atoms with van der Waals surface area (Å²) >= 11 is 0. The van der Waals surface area contributed by atoms with Crippen LogP contribution >= 0.6 is 0 Å². The molecule has 6 rings (SSSR count). The molecule has 35 heavy (non-hydrogen) atoms. The lowest BCUT2D eigenvalue weighted by Crippen LogP contribution is -2.68. The van der Waals surface area contributed by atoms with Gasteiger partial charge in [-0.1, -0.05) is 6.07 Å². The molecule has 1 N–H and O–H groups in total. The van der Waals surface area contributed by atoms with Gasteiger partial charge in [-0.15, -0.1) is 0 Å². The first-order valence-electron chi connectivity index (χ1n) is 11.5. The Balaban J connectivity index is 1.34. The van der Waals surface area contributed by atoms with Crippen LogP contribution in [0.15, 0.2) is 48.9 Å². The van der Waals surface area contributed by atoms with Gasteiger partial charge in [-0.25, -0.2) is 9.97 Å². The number of carbonyl (C=O) groups is 1. The molecule has 0 atom stereocenters. The number of aromatic nitrogens is 6. The fraction of sp³-hybridized carbons (Fsp3) is 0.320. The zero-order valence-corrected chi connectivity index (χ0v) is 19.9. The molecule has 1 fully saturated rings. The molecule has 2 aliphatic rings. The molecule has 10 nitrogen and oxygen atoms in total. The summed E-state index contributed by atoms with van der Waals surface area (Å²) in [6.07, 6.45) is 5.51. The quantitative estimate of drug-likeness (QED) is 0.478. The average molecular weight is 471 g/mol. The molecule has 1 amide bonds. The number of pyridine rings is 1. The second kappa shape index (κ2) is 8.02. The van der Waals surface area contributed by atoms with E-state index in [4.69, 9.17) is 9.72 Å². The van der Waals surface area contributed by atoms with E-state index < -0.39 is 0 Å². The number of hydrogen-bond acceptors (Lipinski definition) is 7. The highest BCUT2D eigenvalue weighted by molar-refractivity contribution is 5.96. The van der Waals surface area contributed by atoms with Crippen LogP contribution in [0.5, 0.6) is 0 Å². The molecule has 0 radical (unpaired) electrons. The summed E-state index contributed by atoms with van der Waals surface area (Å²) in [4.78, 5) is 29.5. The first-order valence-corrected chi connectivity index (χ1v) is 11.5. The average Bonchev–Trinajstić information content (AvgIpc) is 3.42. The van der Waals surface area contributed by atoms with Gasteiger partial charge in [-0.05, 0) is 37.6 Å². The second-order valence-corrected chi connectivity index (χ2v) is 9.31. The smallest absolute Gasteiger partial charge is 0.271 e. The lowest BCUT2D eigenvalue weighted by molar-refractivity contribution is -0.141. The lowest BCUT2D eigenvalue weighted by atomic mass is 9.91. The lowest BCUT2D eigenvalue weighted by Gasteiger charge is -2.52. The predicted molar refractivity (Wildman–Crippen MR) is 129 cm³/mol. The van der Waals surface area contributed by atoms with E-state index in [0.717, 1.165) is 34.0 Å². The number of hydrogen-bond donors (Lipinski definition) is 1. The van der Waals surface area contributed by atoms with E-state index in [0.29, 0.717) is 37.9 Å². The van der Waals surface area contributed by atoms with Crippen LogP contribution in [0, 0.1) is 13.8 Å². The van der Waals surface area contributed by atoms with E-state index in [9.17, 15) is 4.79 Å². The van der Waals surface area contributed by atoms with E-state index in [1.807, 2.05) is 66.9 Å². The summed E-state index contributed by atoms with van der Waals surface area (Å²) in [5.41, 5.74) is 4.69. The number of carbonyl (C=O) groups excluding carboxylic acids is 1. The Labute approximate surface area is 202 Å². The van der Waals surface area contributed by atoms with Crippen molar-refractivity contribution in [3.8, 4) is 11.3 Å². The molecule has 0 aliphatic carbocycles. The molecule has 4 aromatic rings. The molecule has 0 bridgehead atoms. The minimum Gasteiger partial charge on any atom is -0.376 e. The summed E-state index contributed by atoms with van der Waals surface area (Å²) < 4.78 is 9.35. The first-order chi connectivity index (χ1) is 16.9. The third kappa shape index (κ3) is 3.66. The molecule has 1 spiro atoms. The van der Waals surface area contributed by atoms with Gasteiger partial charge in [0, 0.05) is 36.8 Å². The van der Waals surface area contributed by atoms with Crippen LogP contribution in [-0.4, -0.2) is 58.9 Å². The Kier molecular flexibility index (Phi) is 4.92. The van der Waals surface area contributed by atoms with E-state index in [-0.39, 0.29) is 11.4 Å². The van der Waals surface area contributed by atoms with E-state index in [1.54, 1.807) is 17.1 Å². The molecule has 178 valence electrons. The van der Waals surface area contributed by atoms with Gasteiger partial charge in [0.15, 0.2) is 0 Å². The van der Waals surface area contributed by atoms with Crippen LogP contribution < -0.4 is 5.32 Å². The topological polar surface area (TPSA) is 103 Å². The van der Waals surface area contributed by atoms with Gasteiger partial charge < -0.3 is 19.5 Å². The van der Waals surface area contributed by atoms with Crippen molar-refractivity contribution in [2.75, 3.05) is 18.5 Å². The number of rotatable bonds is 5. The van der Waals surface area contributed by atoms with Crippen LogP contribution in [0.2, 0.25) is 0 Å². The van der Waals surface area contributed by atoms with Gasteiger partial charge in [0.05, 0.1) is 43.9 Å². The molecular weight excluding hydrogens is 444 g/mol. The van der Waals surface area contributed by atoms with Crippen LogP contribution in [0.4, 0.5) is 11.8 Å². The number of nitrogens with zero attached hydrogens (tertiary/aromatic N) is 7. The monoisotopic (exact) mass is 470 g/mol. The largest absolute Gasteiger partial charge is 0.376 e. The Hall–Kier alpha value is -4.05. The molecule has 0 unspecified atom stereocenters. The van der Waals surface area contributed by atoms with Crippen LogP contribution in [0.25, 0.3) is 11.3 Å². The third-order valence-corrected chi connectivity index (χ3v) is 6.71. The standard InChI is InChI=1S/C25H26N8O2/c1-16-10-26-24(29-21-7-8-27-31(21)3)30-22(16)18-9-20-23(34)33(12-19-6-4-5-17(2)28-19)25(14-35-15-25)13-32(20)11-18/h4-11H,12-15H2,1-3H3,(H,26,29,30). The highest BCUT2D eigenvalue weighted by Crippen LogP contribution is 2.37. The maximum absolute atomic E-state index is 13.7. The van der Waals surface area contributed by atoms with Gasteiger partial charge in [0.2, 0.25) is 5.95 Å². The van der Waals surface area contributed by atoms with E-state index in [1.165, 1.54) is 0 Å². The van der Waals surface area contributed by atoms with Crippen molar-refractivity contribution in [2.45, 2.75) is 32.5 Å². The van der Waals surface area contributed by atoms with Crippen LogP contribution in [0.3, 0.4) is 0 Å². The Bertz CT molecular complexity index is 1440. The summed E-state index contributed by atoms with van der Waals surface area (Å²) in [6, 6.07) is 9.69. The number of aryl methyl sites for hydroxylation is 3. The molecule has 6 heterocycles. The van der Waals surface area contributed by atoms with Crippen molar-refractivity contribution in [3.63, 3.8) is 0 Å². The number of ether oxygens (including phenoxy) is 1. The van der Waals surface area contributed by atoms with Crippen molar-refractivity contribution < 1.29 is 9.53 Å². The summed E-state index contributed by atoms with van der Waals surface area (Å²) in [6.45, 7) is 6.09. The normalized spacial score (nSPS) is 16.3. The van der Waals surface area contributed by atoms with Gasteiger partial charge in [0.25, 0.3) is 5.91 Å². The maximum Gasteiger partial charge on any atom is 0.271 e. The van der Waals surface area contributed by atoms with Gasteiger partial charge in [-0.3, -0.25) is 14.5 Å². The predicted octanol–water partition coefficient (Wildman–Crippen LogP) is 2.86. The van der Waals surface area contributed by atoms with Crippen LogP contribution in [0.1, 0.15) is 27.4 Å². The Morgan fingerprint density at radius 1 is 1.17 bits per heavy atom. The van der Waals surface area contributed by atoms with Crippen molar-refractivity contribution >= 4 is 17.7 Å². The summed E-state index contributed by atoms with van der Waals surface area (Å²) in [7, 11) is 1.85. The van der Waals surface area contributed by atoms with Crippen molar-refractivity contribution in [3.05, 3.63) is 71.6 Å². The van der Waals surface area contributed by atoms with Crippen molar-refractivity contribution in [1.29, 1.82) is 0 Å². The molecule has 0 aromatic carbocycles. The fourth-order valence-electron chi connectivity index (χ4n) is 4.79. The van der Waals surface area contributed by atoms with Crippen LogP contribution in [-0.2, 0) is 24.9 Å². The molecule has 2 aliphatic heterocycles. The number of fused-ring (bicyclic) bond motifs is 1. The Morgan fingerprint density at radius 3 is 2.74 bits per heavy atom.